The fourth-order valence-electron chi connectivity index (χ4n) is 2.70. The van der Waals surface area contributed by atoms with Gasteiger partial charge in [0.05, 0.1) is 17.5 Å². The van der Waals surface area contributed by atoms with E-state index in [0.29, 0.717) is 17.0 Å². The zero-order chi connectivity index (χ0) is 17.8. The standard InChI is InChI=1S/C19H15N3O3/c1-13(23)25-18-19(24)22(12-11-20)16-10-6-5-9-15(16)17(21-18)14-7-3-2-4-8-14/h2-10,18H,12H2,1H3. The van der Waals surface area contributed by atoms with E-state index in [-0.39, 0.29) is 6.54 Å². The molecule has 1 atom stereocenters. The highest BCUT2D eigenvalue weighted by molar-refractivity contribution is 6.20. The van der Waals surface area contributed by atoms with Crippen LogP contribution in [0.4, 0.5) is 5.69 Å². The molecule has 1 amide bonds. The summed E-state index contributed by atoms with van der Waals surface area (Å²) in [6.07, 6.45) is -1.33. The van der Waals surface area contributed by atoms with E-state index in [1.165, 1.54) is 11.8 Å². The van der Waals surface area contributed by atoms with Crippen molar-refractivity contribution in [3.8, 4) is 6.07 Å². The molecule has 0 spiro atoms. The predicted octanol–water partition coefficient (Wildman–Crippen LogP) is 2.28. The van der Waals surface area contributed by atoms with Crippen molar-refractivity contribution in [2.45, 2.75) is 13.2 Å². The molecule has 0 saturated heterocycles. The van der Waals surface area contributed by atoms with Crippen molar-refractivity contribution >= 4 is 23.3 Å². The fraction of sp³-hybridized carbons (Fsp3) is 0.158. The monoisotopic (exact) mass is 333 g/mol. The maximum Gasteiger partial charge on any atom is 0.305 e. The topological polar surface area (TPSA) is 82.8 Å². The number of nitrogens with zero attached hydrogens (tertiary/aromatic N) is 3. The Morgan fingerprint density at radius 3 is 2.56 bits per heavy atom. The Morgan fingerprint density at radius 2 is 1.88 bits per heavy atom. The maximum absolute atomic E-state index is 12.8. The van der Waals surface area contributed by atoms with Crippen LogP contribution in [0, 0.1) is 11.3 Å². The first-order chi connectivity index (χ1) is 12.1. The second kappa shape index (κ2) is 6.97. The van der Waals surface area contributed by atoms with Crippen LogP contribution in [0.15, 0.2) is 59.6 Å². The van der Waals surface area contributed by atoms with Crippen molar-refractivity contribution in [1.82, 2.24) is 0 Å². The molecule has 0 aromatic heterocycles. The van der Waals surface area contributed by atoms with E-state index in [4.69, 9.17) is 10.00 Å². The molecule has 0 N–H and O–H groups in total. The number of nitriles is 1. The molecule has 0 saturated carbocycles. The van der Waals surface area contributed by atoms with Crippen LogP contribution in [-0.4, -0.2) is 30.4 Å². The molecule has 1 unspecified atom stereocenters. The lowest BCUT2D eigenvalue weighted by atomic mass is 10.0. The quantitative estimate of drug-likeness (QED) is 0.637. The van der Waals surface area contributed by atoms with Crippen LogP contribution in [0.5, 0.6) is 0 Å². The molecule has 0 fully saturated rings. The number of carbonyl (C=O) groups excluding carboxylic acids is 2. The van der Waals surface area contributed by atoms with Crippen LogP contribution >= 0.6 is 0 Å². The molecule has 0 radical (unpaired) electrons. The van der Waals surface area contributed by atoms with E-state index in [9.17, 15) is 9.59 Å². The highest BCUT2D eigenvalue weighted by Gasteiger charge is 2.33. The first-order valence-corrected chi connectivity index (χ1v) is 7.70. The Balaban J connectivity index is 2.22. The average molecular weight is 333 g/mol. The molecular weight excluding hydrogens is 318 g/mol. The molecule has 1 heterocycles. The number of anilines is 1. The molecule has 6 nitrogen and oxygen atoms in total. The molecule has 2 aromatic carbocycles. The first kappa shape index (κ1) is 16.4. The van der Waals surface area contributed by atoms with E-state index < -0.39 is 18.1 Å². The zero-order valence-electron chi connectivity index (χ0n) is 13.5. The van der Waals surface area contributed by atoms with Gasteiger partial charge in [-0.2, -0.15) is 5.26 Å². The smallest absolute Gasteiger partial charge is 0.305 e. The number of esters is 1. The second-order valence-electron chi connectivity index (χ2n) is 5.41. The Labute approximate surface area is 145 Å². The number of rotatable bonds is 3. The maximum atomic E-state index is 12.8. The Morgan fingerprint density at radius 1 is 1.20 bits per heavy atom. The first-order valence-electron chi connectivity index (χ1n) is 7.70. The highest BCUT2D eigenvalue weighted by Crippen LogP contribution is 2.28. The van der Waals surface area contributed by atoms with Crippen molar-refractivity contribution in [2.75, 3.05) is 11.4 Å². The van der Waals surface area contributed by atoms with Gasteiger partial charge in [-0.05, 0) is 6.07 Å². The van der Waals surface area contributed by atoms with Gasteiger partial charge in [-0.15, -0.1) is 0 Å². The lowest BCUT2D eigenvalue weighted by Crippen LogP contribution is -2.40. The summed E-state index contributed by atoms with van der Waals surface area (Å²) in [4.78, 5) is 29.9. The van der Waals surface area contributed by atoms with Crippen LogP contribution in [0.25, 0.3) is 0 Å². The van der Waals surface area contributed by atoms with E-state index in [0.717, 1.165) is 5.56 Å². The van der Waals surface area contributed by atoms with Gasteiger partial charge < -0.3 is 4.74 Å². The number of amides is 1. The number of hydrogen-bond donors (Lipinski definition) is 0. The van der Waals surface area contributed by atoms with Crippen molar-refractivity contribution < 1.29 is 14.3 Å². The van der Waals surface area contributed by atoms with Crippen molar-refractivity contribution in [1.29, 1.82) is 5.26 Å². The normalized spacial score (nSPS) is 16.3. The molecule has 1 aliphatic rings. The van der Waals surface area contributed by atoms with E-state index in [1.807, 2.05) is 48.5 Å². The molecule has 124 valence electrons. The zero-order valence-corrected chi connectivity index (χ0v) is 13.5. The van der Waals surface area contributed by atoms with Gasteiger partial charge in [0.1, 0.15) is 6.54 Å². The molecule has 3 rings (SSSR count). The minimum Gasteiger partial charge on any atom is -0.430 e. The third kappa shape index (κ3) is 3.26. The molecule has 25 heavy (non-hydrogen) atoms. The van der Waals surface area contributed by atoms with Crippen molar-refractivity contribution in [3.63, 3.8) is 0 Å². The second-order valence-corrected chi connectivity index (χ2v) is 5.41. The van der Waals surface area contributed by atoms with E-state index in [1.54, 1.807) is 12.1 Å². The summed E-state index contributed by atoms with van der Waals surface area (Å²) in [7, 11) is 0. The predicted molar refractivity (Wildman–Crippen MR) is 92.0 cm³/mol. The van der Waals surface area contributed by atoms with Gasteiger partial charge in [-0.3, -0.25) is 14.5 Å². The van der Waals surface area contributed by atoms with Gasteiger partial charge in [-0.1, -0.05) is 48.5 Å². The lowest BCUT2D eigenvalue weighted by Gasteiger charge is -2.21. The molecule has 0 bridgehead atoms. The van der Waals surface area contributed by atoms with Gasteiger partial charge in [0.2, 0.25) is 0 Å². The van der Waals surface area contributed by atoms with E-state index >= 15 is 0 Å². The number of benzene rings is 2. The van der Waals surface area contributed by atoms with Gasteiger partial charge in [0, 0.05) is 18.1 Å². The van der Waals surface area contributed by atoms with Gasteiger partial charge in [-0.25, -0.2) is 4.99 Å². The third-order valence-electron chi connectivity index (χ3n) is 3.73. The molecule has 0 aliphatic carbocycles. The van der Waals surface area contributed by atoms with Crippen LogP contribution < -0.4 is 4.90 Å². The summed E-state index contributed by atoms with van der Waals surface area (Å²) in [6.45, 7) is 1.06. The molecule has 1 aliphatic heterocycles. The van der Waals surface area contributed by atoms with Gasteiger partial charge in [0.15, 0.2) is 0 Å². The highest BCUT2D eigenvalue weighted by atomic mass is 16.6. The number of carbonyl (C=O) groups is 2. The largest absolute Gasteiger partial charge is 0.430 e. The Bertz CT molecular complexity index is 884. The van der Waals surface area contributed by atoms with Crippen molar-refractivity contribution in [2.24, 2.45) is 4.99 Å². The van der Waals surface area contributed by atoms with Crippen molar-refractivity contribution in [3.05, 3.63) is 65.7 Å². The summed E-state index contributed by atoms with van der Waals surface area (Å²) < 4.78 is 5.12. The van der Waals surface area contributed by atoms with Crippen LogP contribution in [0.3, 0.4) is 0 Å². The average Bonchev–Trinajstić information content (AvgIpc) is 2.73. The van der Waals surface area contributed by atoms with E-state index in [2.05, 4.69) is 4.99 Å². The molecule has 2 aromatic rings. The SMILES string of the molecule is CC(=O)OC1N=C(c2ccccc2)c2ccccc2N(CC#N)C1=O. The third-order valence-corrected chi connectivity index (χ3v) is 3.73. The molecule has 6 heteroatoms. The lowest BCUT2D eigenvalue weighted by molar-refractivity contribution is -0.152. The fourth-order valence-corrected chi connectivity index (χ4v) is 2.70. The summed E-state index contributed by atoms with van der Waals surface area (Å²) in [5.74, 6) is -1.16. The summed E-state index contributed by atoms with van der Waals surface area (Å²) in [6, 6.07) is 18.5. The number of ether oxygens (including phenoxy) is 1. The van der Waals surface area contributed by atoms with Gasteiger partial charge >= 0.3 is 5.97 Å². The summed E-state index contributed by atoms with van der Waals surface area (Å²) >= 11 is 0. The summed E-state index contributed by atoms with van der Waals surface area (Å²) in [5, 5.41) is 9.12. The van der Waals surface area contributed by atoms with Gasteiger partial charge in [0.25, 0.3) is 12.1 Å². The number of aliphatic imine (C=N–C) groups is 1. The number of para-hydroxylation sites is 1. The Hall–Kier alpha value is -3.46. The van der Waals surface area contributed by atoms with Crippen LogP contribution in [0.1, 0.15) is 18.1 Å². The number of fused-ring (bicyclic) bond motifs is 1. The van der Waals surface area contributed by atoms with Crippen LogP contribution in [-0.2, 0) is 14.3 Å². The number of benzodiazepines with no additional fused rings is 1. The van der Waals surface area contributed by atoms with Crippen LogP contribution in [0.2, 0.25) is 0 Å². The summed E-state index contributed by atoms with van der Waals surface area (Å²) in [5.41, 5.74) is 2.59. The molecular formula is C19H15N3O3. The Kier molecular flexibility index (Phi) is 4.57. The minimum atomic E-state index is -1.33. The number of hydrogen-bond acceptors (Lipinski definition) is 5. The minimum absolute atomic E-state index is 0.162.